The first kappa shape index (κ1) is 37.4. The molecule has 0 bridgehead atoms. The summed E-state index contributed by atoms with van der Waals surface area (Å²) in [6.45, 7) is 3.02. The molecule has 3 saturated heterocycles. The van der Waals surface area contributed by atoms with Gasteiger partial charge in [0.05, 0.1) is 62.0 Å². The van der Waals surface area contributed by atoms with Crippen molar-refractivity contribution in [2.24, 2.45) is 47.2 Å². The number of hydrogen-bond donors (Lipinski definition) is 4. The van der Waals surface area contributed by atoms with E-state index in [1.54, 1.807) is 7.11 Å². The maximum atomic E-state index is 12.5. The Hall–Kier alpha value is -0.400. The molecule has 0 amide bonds. The molecule has 0 spiro atoms. The van der Waals surface area contributed by atoms with Gasteiger partial charge in [-0.1, -0.05) is 12.8 Å². The summed E-state index contributed by atoms with van der Waals surface area (Å²) < 4.78 is 38.6. The zero-order valence-electron chi connectivity index (χ0n) is 30.2. The second-order valence-electron chi connectivity index (χ2n) is 16.6. The Morgan fingerprint density at radius 3 is 2.42 bits per heavy atom. The molecular weight excluding hydrogens is 612 g/mol. The molecule has 6 N–H and O–H groups in total. The Bertz CT molecular complexity index is 962. The highest BCUT2D eigenvalue weighted by Crippen LogP contribution is 2.51. The normalized spacial score (nSPS) is 46.9. The lowest BCUT2D eigenvalue weighted by molar-refractivity contribution is -0.699. The van der Waals surface area contributed by atoms with Crippen molar-refractivity contribution < 1.29 is 44.0 Å². The first-order valence-corrected chi connectivity index (χ1v) is 19.8. The van der Waals surface area contributed by atoms with Gasteiger partial charge < -0.3 is 44.0 Å². The predicted molar refractivity (Wildman–Crippen MR) is 182 cm³/mol. The number of hydrogen-bond acceptors (Lipinski definition) is 9. The lowest BCUT2D eigenvalue weighted by Crippen LogP contribution is -2.94. The molecule has 3 aliphatic heterocycles. The minimum atomic E-state index is -0.518. The van der Waals surface area contributed by atoms with Crippen LogP contribution in [0.4, 0.5) is 0 Å². The van der Waals surface area contributed by atoms with Crippen molar-refractivity contribution in [1.82, 2.24) is 0 Å². The lowest BCUT2D eigenvalue weighted by atomic mass is 9.62. The van der Waals surface area contributed by atoms with E-state index in [4.69, 9.17) is 34.2 Å². The van der Waals surface area contributed by atoms with Crippen LogP contribution in [0.1, 0.15) is 96.3 Å². The zero-order chi connectivity index (χ0) is 33.6. The second-order valence-corrected chi connectivity index (χ2v) is 16.6. The number of fused-ring (bicyclic) bond motifs is 2. The third kappa shape index (κ3) is 8.96. The Balaban J connectivity index is 1.23. The van der Waals surface area contributed by atoms with Gasteiger partial charge in [-0.25, -0.2) is 0 Å². The fraction of sp³-hybridized carbons (Fsp3) is 1.00. The van der Waals surface area contributed by atoms with Gasteiger partial charge in [-0.2, -0.15) is 0 Å². The molecule has 0 aromatic carbocycles. The van der Waals surface area contributed by atoms with Crippen LogP contribution in [0.25, 0.3) is 0 Å². The van der Waals surface area contributed by atoms with Crippen molar-refractivity contribution in [3.63, 3.8) is 0 Å². The topological polar surface area (TPSA) is 138 Å². The summed E-state index contributed by atoms with van der Waals surface area (Å²) >= 11 is 0. The zero-order valence-corrected chi connectivity index (χ0v) is 30.2. The summed E-state index contributed by atoms with van der Waals surface area (Å²) in [5.41, 5.74) is 6.31. The molecule has 48 heavy (non-hydrogen) atoms. The molecule has 6 rings (SSSR count). The van der Waals surface area contributed by atoms with Gasteiger partial charge >= 0.3 is 0 Å². The van der Waals surface area contributed by atoms with Gasteiger partial charge in [-0.05, 0) is 94.8 Å². The number of nitrogens with two attached hydrogens (primary N) is 2. The summed E-state index contributed by atoms with van der Waals surface area (Å²) in [4.78, 5) is 0. The Labute approximate surface area is 289 Å². The monoisotopic (exact) mass is 682 g/mol. The quantitative estimate of drug-likeness (QED) is 0.216. The van der Waals surface area contributed by atoms with Crippen LogP contribution < -0.4 is 11.1 Å². The van der Waals surface area contributed by atoms with E-state index in [1.165, 1.54) is 12.8 Å². The maximum absolute atomic E-state index is 12.5. The molecule has 10 nitrogen and oxygen atoms in total. The van der Waals surface area contributed by atoms with E-state index < -0.39 is 6.10 Å². The molecule has 3 aliphatic carbocycles. The van der Waals surface area contributed by atoms with E-state index in [0.717, 1.165) is 90.0 Å². The largest absolute Gasteiger partial charge is 0.393 e. The average molecular weight is 682 g/mol. The van der Waals surface area contributed by atoms with Gasteiger partial charge in [0.15, 0.2) is 0 Å². The van der Waals surface area contributed by atoms with Crippen LogP contribution in [-0.4, -0.2) is 113 Å². The molecule has 278 valence electrons. The lowest BCUT2D eigenvalue weighted by Gasteiger charge is -2.56. The maximum Gasteiger partial charge on any atom is 0.137 e. The smallest absolute Gasteiger partial charge is 0.137 e. The second kappa shape index (κ2) is 17.9. The van der Waals surface area contributed by atoms with E-state index in [9.17, 15) is 10.2 Å². The summed E-state index contributed by atoms with van der Waals surface area (Å²) in [5, 5.41) is 25.2. The molecule has 3 saturated carbocycles. The summed E-state index contributed by atoms with van der Waals surface area (Å²) in [5.74, 6) is 1.60. The third-order valence-corrected chi connectivity index (χ3v) is 13.6. The Morgan fingerprint density at radius 1 is 0.812 bits per heavy atom. The van der Waals surface area contributed by atoms with E-state index in [0.29, 0.717) is 37.6 Å². The van der Waals surface area contributed by atoms with Crippen molar-refractivity contribution in [1.29, 1.82) is 0 Å². The van der Waals surface area contributed by atoms with Crippen molar-refractivity contribution in [3.8, 4) is 0 Å². The molecule has 6 fully saturated rings. The molecule has 3 heterocycles. The molecule has 0 aromatic rings. The number of ether oxygens (including phenoxy) is 6. The molecule has 0 aromatic heterocycles. The Kier molecular flexibility index (Phi) is 13.9. The minimum absolute atomic E-state index is 0.0111. The van der Waals surface area contributed by atoms with Crippen LogP contribution in [0.2, 0.25) is 0 Å². The fourth-order valence-electron chi connectivity index (χ4n) is 11.2. The number of aliphatic hydroxyl groups excluding tert-OH is 2. The number of methoxy groups -OCH3 is 3. The van der Waals surface area contributed by atoms with Crippen LogP contribution in [0.3, 0.4) is 0 Å². The fourth-order valence-corrected chi connectivity index (χ4v) is 11.2. The number of aliphatic hydroxyl groups is 2. The van der Waals surface area contributed by atoms with Crippen LogP contribution in [0, 0.1) is 41.4 Å². The molecule has 0 radical (unpaired) electrons. The van der Waals surface area contributed by atoms with Crippen molar-refractivity contribution in [2.45, 2.75) is 151 Å². The molecule has 16 unspecified atom stereocenters. The number of piperidine rings is 1. The average Bonchev–Trinajstić information content (AvgIpc) is 3.09. The highest BCUT2D eigenvalue weighted by molar-refractivity contribution is 5.04. The summed E-state index contributed by atoms with van der Waals surface area (Å²) in [6, 6.07) is 0. The molecule has 16 atom stereocenters. The summed E-state index contributed by atoms with van der Waals surface area (Å²) in [7, 11) is 5.41. The van der Waals surface area contributed by atoms with E-state index >= 15 is 0 Å². The highest BCUT2D eigenvalue weighted by Gasteiger charge is 2.56. The van der Waals surface area contributed by atoms with Gasteiger partial charge in [0, 0.05) is 64.6 Å². The number of quaternary nitrogens is 1. The van der Waals surface area contributed by atoms with Gasteiger partial charge in [0.1, 0.15) is 6.17 Å². The van der Waals surface area contributed by atoms with Gasteiger partial charge in [0.25, 0.3) is 0 Å². The van der Waals surface area contributed by atoms with Gasteiger partial charge in [0.2, 0.25) is 0 Å². The van der Waals surface area contributed by atoms with E-state index in [-0.39, 0.29) is 72.6 Å². The van der Waals surface area contributed by atoms with E-state index in [1.807, 2.05) is 14.2 Å². The molecule has 6 aliphatic rings. The SMILES string of the molecule is COCCCC1OC2CCC(OC)CC2C(OCCC2CC[NH2+]C(N)C2)C1C1COC2C(CC3CCCC(O)C3)CC(OC)CC2C1O. The van der Waals surface area contributed by atoms with Crippen LogP contribution in [0.5, 0.6) is 0 Å². The molecular formula is C38H69N2O8+. The first-order chi connectivity index (χ1) is 23.4. The first-order valence-electron chi connectivity index (χ1n) is 19.8. The standard InChI is InChI=1S/C38H68N2O8/c1-43-14-5-8-33-35(38(29-20-27(44-2)9-10-32(29)48-33)46-15-12-23-11-13-40-34(39)18-23)31-22-47-37-25(16-24-6-4-7-26(41)17-24)19-28(45-3)21-30(37)36(31)42/h23-38,40-42H,4-22,39H2,1-3H3/p+1. The third-order valence-electron chi connectivity index (χ3n) is 13.6. The van der Waals surface area contributed by atoms with E-state index in [2.05, 4.69) is 5.32 Å². The summed E-state index contributed by atoms with van der Waals surface area (Å²) in [6.07, 6.45) is 14.7. The highest BCUT2D eigenvalue weighted by atomic mass is 16.5. The van der Waals surface area contributed by atoms with Crippen molar-refractivity contribution in [3.05, 3.63) is 0 Å². The van der Waals surface area contributed by atoms with Crippen molar-refractivity contribution in [2.75, 3.05) is 47.7 Å². The van der Waals surface area contributed by atoms with Crippen LogP contribution in [0.15, 0.2) is 0 Å². The predicted octanol–water partition coefficient (Wildman–Crippen LogP) is 3.00. The minimum Gasteiger partial charge on any atom is -0.393 e. The van der Waals surface area contributed by atoms with Gasteiger partial charge in [-0.15, -0.1) is 0 Å². The van der Waals surface area contributed by atoms with Crippen molar-refractivity contribution >= 4 is 0 Å². The van der Waals surface area contributed by atoms with Gasteiger partial charge in [-0.3, -0.25) is 5.73 Å². The molecule has 10 heteroatoms. The van der Waals surface area contributed by atoms with Crippen LogP contribution >= 0.6 is 0 Å². The Morgan fingerprint density at radius 2 is 1.65 bits per heavy atom. The number of rotatable bonds is 13. The van der Waals surface area contributed by atoms with Crippen LogP contribution in [-0.2, 0) is 28.4 Å².